The summed E-state index contributed by atoms with van der Waals surface area (Å²) in [5.41, 5.74) is 3.15. The average Bonchev–Trinajstić information content (AvgIpc) is 3.17. The van der Waals surface area contributed by atoms with Crippen LogP contribution in [0, 0.1) is 0 Å². The van der Waals surface area contributed by atoms with Gasteiger partial charge in [0.25, 0.3) is 0 Å². The maximum atomic E-state index is 5.32. The summed E-state index contributed by atoms with van der Waals surface area (Å²) < 4.78 is 8.42. The van der Waals surface area contributed by atoms with Gasteiger partial charge in [0.1, 0.15) is 5.75 Å². The zero-order valence-corrected chi connectivity index (χ0v) is 17.5. The third-order valence-electron chi connectivity index (χ3n) is 4.16. The fraction of sp³-hybridized carbons (Fsp3) is 0.0952. The number of pyridine rings is 1. The van der Waals surface area contributed by atoms with Crippen LogP contribution in [0.25, 0.3) is 17.1 Å². The van der Waals surface area contributed by atoms with E-state index in [2.05, 4.69) is 41.7 Å². The second-order valence-corrected chi connectivity index (χ2v) is 7.85. The molecule has 2 aromatic heterocycles. The number of hydrogen-bond acceptors (Lipinski definition) is 5. The third-order valence-corrected chi connectivity index (χ3v) is 5.69. The molecular formula is C21H17BrN4OS. The van der Waals surface area contributed by atoms with Gasteiger partial charge in [0, 0.05) is 33.9 Å². The van der Waals surface area contributed by atoms with Crippen molar-refractivity contribution in [2.24, 2.45) is 0 Å². The van der Waals surface area contributed by atoms with Crippen LogP contribution in [0.15, 0.2) is 82.7 Å². The molecule has 0 fully saturated rings. The van der Waals surface area contributed by atoms with Crippen LogP contribution in [0.1, 0.15) is 5.56 Å². The monoisotopic (exact) mass is 452 g/mol. The molecule has 2 aromatic carbocycles. The van der Waals surface area contributed by atoms with Crippen molar-refractivity contribution in [3.05, 3.63) is 83.1 Å². The number of benzene rings is 2. The van der Waals surface area contributed by atoms with Crippen molar-refractivity contribution in [3.63, 3.8) is 0 Å². The lowest BCUT2D eigenvalue weighted by atomic mass is 10.2. The van der Waals surface area contributed by atoms with E-state index in [0.29, 0.717) is 0 Å². The van der Waals surface area contributed by atoms with Crippen molar-refractivity contribution in [3.8, 4) is 22.8 Å². The first-order valence-corrected chi connectivity index (χ1v) is 10.4. The molecule has 0 N–H and O–H groups in total. The third kappa shape index (κ3) is 4.10. The first-order valence-electron chi connectivity index (χ1n) is 8.62. The number of rotatable bonds is 6. The molecule has 5 nitrogen and oxygen atoms in total. The lowest BCUT2D eigenvalue weighted by Gasteiger charge is -2.11. The molecule has 2 heterocycles. The first kappa shape index (κ1) is 18.7. The van der Waals surface area contributed by atoms with Crippen molar-refractivity contribution in [1.29, 1.82) is 0 Å². The zero-order chi connectivity index (χ0) is 19.3. The van der Waals surface area contributed by atoms with Gasteiger partial charge in [0.05, 0.1) is 7.11 Å². The van der Waals surface area contributed by atoms with E-state index in [1.165, 1.54) is 5.56 Å². The smallest absolute Gasteiger partial charge is 0.196 e. The Morgan fingerprint density at radius 3 is 2.54 bits per heavy atom. The highest BCUT2D eigenvalue weighted by molar-refractivity contribution is 9.10. The number of ether oxygens (including phenoxy) is 1. The highest BCUT2D eigenvalue weighted by Gasteiger charge is 2.16. The second-order valence-electron chi connectivity index (χ2n) is 5.99. The van der Waals surface area contributed by atoms with Crippen LogP contribution < -0.4 is 4.74 Å². The largest absolute Gasteiger partial charge is 0.497 e. The van der Waals surface area contributed by atoms with E-state index >= 15 is 0 Å². The standard InChI is InChI=1S/C21H17BrN4OS/c1-27-19-4-2-3-15(13-19)14-28-21-25-24-20(16-9-11-23-12-10-16)26(21)18-7-5-17(22)6-8-18/h2-13H,14H2,1H3. The normalized spacial score (nSPS) is 10.8. The second kappa shape index (κ2) is 8.58. The molecule has 4 aromatic rings. The van der Waals surface area contributed by atoms with E-state index in [4.69, 9.17) is 4.74 Å². The SMILES string of the molecule is COc1cccc(CSc2nnc(-c3ccncc3)n2-c2ccc(Br)cc2)c1. The fourth-order valence-corrected chi connectivity index (χ4v) is 3.94. The van der Waals surface area contributed by atoms with Gasteiger partial charge < -0.3 is 4.74 Å². The van der Waals surface area contributed by atoms with Crippen molar-refractivity contribution in [2.45, 2.75) is 10.9 Å². The molecule has 0 saturated heterocycles. The van der Waals surface area contributed by atoms with Crippen molar-refractivity contribution in [1.82, 2.24) is 19.7 Å². The van der Waals surface area contributed by atoms with Crippen LogP contribution in [-0.4, -0.2) is 26.9 Å². The quantitative estimate of drug-likeness (QED) is 0.367. The Morgan fingerprint density at radius 2 is 1.79 bits per heavy atom. The van der Waals surface area contributed by atoms with Crippen LogP contribution in [0.4, 0.5) is 0 Å². The topological polar surface area (TPSA) is 52.8 Å². The molecule has 7 heteroatoms. The minimum absolute atomic E-state index is 0.766. The molecule has 140 valence electrons. The van der Waals surface area contributed by atoms with Gasteiger partial charge in [-0.05, 0) is 54.1 Å². The molecule has 0 radical (unpaired) electrons. The van der Waals surface area contributed by atoms with E-state index in [-0.39, 0.29) is 0 Å². The predicted octanol–water partition coefficient (Wildman–Crippen LogP) is 5.39. The molecule has 0 aliphatic carbocycles. The molecule has 0 spiro atoms. The summed E-state index contributed by atoms with van der Waals surface area (Å²) in [5, 5.41) is 9.75. The lowest BCUT2D eigenvalue weighted by Crippen LogP contribution is -2.00. The van der Waals surface area contributed by atoms with Crippen molar-refractivity contribution in [2.75, 3.05) is 7.11 Å². The summed E-state index contributed by atoms with van der Waals surface area (Å²) in [5.74, 6) is 2.41. The molecule has 0 unspecified atom stereocenters. The summed E-state index contributed by atoms with van der Waals surface area (Å²) in [6.07, 6.45) is 3.53. The summed E-state index contributed by atoms with van der Waals surface area (Å²) >= 11 is 5.14. The number of nitrogens with zero attached hydrogens (tertiary/aromatic N) is 4. The molecular weight excluding hydrogens is 436 g/mol. The van der Waals surface area contributed by atoms with E-state index in [1.807, 2.05) is 54.6 Å². The van der Waals surface area contributed by atoms with Gasteiger partial charge >= 0.3 is 0 Å². The Balaban J connectivity index is 1.70. The van der Waals surface area contributed by atoms with Gasteiger partial charge in [-0.25, -0.2) is 0 Å². The Morgan fingerprint density at radius 1 is 1.00 bits per heavy atom. The van der Waals surface area contributed by atoms with E-state index in [0.717, 1.165) is 38.2 Å². The first-order chi connectivity index (χ1) is 13.7. The molecule has 0 atom stereocenters. The summed E-state index contributed by atoms with van der Waals surface area (Å²) in [6, 6.07) is 20.1. The van der Waals surface area contributed by atoms with Crippen molar-refractivity contribution < 1.29 is 4.74 Å². The number of hydrogen-bond donors (Lipinski definition) is 0. The molecule has 28 heavy (non-hydrogen) atoms. The minimum Gasteiger partial charge on any atom is -0.497 e. The maximum Gasteiger partial charge on any atom is 0.196 e. The Hall–Kier alpha value is -2.64. The molecule has 0 aliphatic rings. The van der Waals surface area contributed by atoms with Crippen LogP contribution in [0.3, 0.4) is 0 Å². The Labute approximate surface area is 175 Å². The number of thioether (sulfide) groups is 1. The Kier molecular flexibility index (Phi) is 5.73. The van der Waals surface area contributed by atoms with Gasteiger partial charge in [-0.15, -0.1) is 10.2 Å². The fourth-order valence-electron chi connectivity index (χ4n) is 2.78. The highest BCUT2D eigenvalue weighted by Crippen LogP contribution is 2.30. The van der Waals surface area contributed by atoms with Gasteiger partial charge in [-0.3, -0.25) is 9.55 Å². The van der Waals surface area contributed by atoms with Crippen molar-refractivity contribution >= 4 is 27.7 Å². The van der Waals surface area contributed by atoms with E-state index in [1.54, 1.807) is 31.3 Å². The van der Waals surface area contributed by atoms with Gasteiger partial charge in [0.2, 0.25) is 0 Å². The number of halogens is 1. The minimum atomic E-state index is 0.766. The molecule has 0 aliphatic heterocycles. The van der Waals surface area contributed by atoms with Crippen LogP contribution in [0.2, 0.25) is 0 Å². The maximum absolute atomic E-state index is 5.32. The molecule has 0 bridgehead atoms. The van der Waals surface area contributed by atoms with Gasteiger partial charge in [-0.2, -0.15) is 0 Å². The predicted molar refractivity (Wildman–Crippen MR) is 115 cm³/mol. The molecule has 4 rings (SSSR count). The van der Waals surface area contributed by atoms with E-state index in [9.17, 15) is 0 Å². The van der Waals surface area contributed by atoms with Gasteiger partial charge in [0.15, 0.2) is 11.0 Å². The Bertz CT molecular complexity index is 1070. The number of methoxy groups -OCH3 is 1. The highest BCUT2D eigenvalue weighted by atomic mass is 79.9. The van der Waals surface area contributed by atoms with Crippen LogP contribution in [-0.2, 0) is 5.75 Å². The summed E-state index contributed by atoms with van der Waals surface area (Å²) in [6.45, 7) is 0. The average molecular weight is 453 g/mol. The van der Waals surface area contributed by atoms with E-state index < -0.39 is 0 Å². The molecule has 0 saturated carbocycles. The summed E-state index contributed by atoms with van der Waals surface area (Å²) in [4.78, 5) is 4.10. The van der Waals surface area contributed by atoms with Crippen LogP contribution in [0.5, 0.6) is 5.75 Å². The lowest BCUT2D eigenvalue weighted by molar-refractivity contribution is 0.414. The summed E-state index contributed by atoms with van der Waals surface area (Å²) in [7, 11) is 1.68. The van der Waals surface area contributed by atoms with Gasteiger partial charge in [-0.1, -0.05) is 39.8 Å². The van der Waals surface area contributed by atoms with Crippen LogP contribution >= 0.6 is 27.7 Å². The molecule has 0 amide bonds. The zero-order valence-electron chi connectivity index (χ0n) is 15.1. The number of aromatic nitrogens is 4.